The van der Waals surface area contributed by atoms with Crippen molar-refractivity contribution < 1.29 is 25.5 Å². The first-order valence-electron chi connectivity index (χ1n) is 12.6. The Morgan fingerprint density at radius 2 is 2.03 bits per heavy atom. The molecule has 0 spiro atoms. The Balaban J connectivity index is 1.77. The molecule has 1 aliphatic rings. The van der Waals surface area contributed by atoms with Crippen molar-refractivity contribution in [3.63, 3.8) is 0 Å². The van der Waals surface area contributed by atoms with Crippen molar-refractivity contribution in [2.75, 3.05) is 26.2 Å². The van der Waals surface area contributed by atoms with Crippen LogP contribution >= 0.6 is 11.6 Å². The lowest BCUT2D eigenvalue weighted by molar-refractivity contribution is 0.0705. The van der Waals surface area contributed by atoms with E-state index in [0.29, 0.717) is 21.9 Å². The second kappa shape index (κ2) is 8.78. The zero-order chi connectivity index (χ0) is 27.4. The van der Waals surface area contributed by atoms with Crippen molar-refractivity contribution in [2.45, 2.75) is 13.5 Å². The summed E-state index contributed by atoms with van der Waals surface area (Å²) in [6, 6.07) is 11.4. The summed E-state index contributed by atoms with van der Waals surface area (Å²) in [5.41, 5.74) is 2.79. The number of aryl methyl sites for hydroxylation is 1. The second-order valence-corrected chi connectivity index (χ2v) is 6.51. The molecule has 0 saturated heterocycles. The average Bonchev–Trinajstić information content (AvgIpc) is 3.05. The van der Waals surface area contributed by atoms with E-state index in [9.17, 15) is 5.11 Å². The van der Waals surface area contributed by atoms with E-state index in [2.05, 4.69) is 9.72 Å². The van der Waals surface area contributed by atoms with Gasteiger partial charge in [-0.2, -0.15) is 0 Å². The molecule has 0 unspecified atom stereocenters. The Bertz CT molecular complexity index is 1370. The summed E-state index contributed by atoms with van der Waals surface area (Å²) in [6.45, 7) is -12.0. The van der Waals surface area contributed by atoms with Crippen LogP contribution in [0.5, 0.6) is 5.75 Å². The number of fused-ring (bicyclic) bond motifs is 3. The molecule has 29 heavy (non-hydrogen) atoms. The van der Waals surface area contributed by atoms with Gasteiger partial charge >= 0.3 is 0 Å². The number of rotatable bonds is 7. The van der Waals surface area contributed by atoms with E-state index in [1.165, 1.54) is 12.1 Å². The Labute approximate surface area is 185 Å². The number of nitrogens with zero attached hydrogens (tertiary/aromatic N) is 3. The molecule has 0 aliphatic carbocycles. The minimum atomic E-state index is -3.62. The van der Waals surface area contributed by atoms with E-state index in [1.54, 1.807) is 36.5 Å². The van der Waals surface area contributed by atoms with Crippen molar-refractivity contribution in [1.29, 1.82) is 0 Å². The van der Waals surface area contributed by atoms with Gasteiger partial charge in [0.25, 0.3) is 0 Å². The maximum absolute atomic E-state index is 9.37. The summed E-state index contributed by atoms with van der Waals surface area (Å²) >= 11 is 6.30. The molecular weight excluding hydrogens is 390 g/mol. The fourth-order valence-electron chi connectivity index (χ4n) is 3.20. The first kappa shape index (κ1) is 12.1. The maximum Gasteiger partial charge on any atom is 0.128 e. The molecule has 0 saturated carbocycles. The van der Waals surface area contributed by atoms with Crippen LogP contribution in [0.15, 0.2) is 53.7 Å². The van der Waals surface area contributed by atoms with Crippen LogP contribution in [0.25, 0.3) is 5.69 Å². The van der Waals surface area contributed by atoms with Crippen LogP contribution in [0, 0.1) is 6.92 Å². The predicted molar refractivity (Wildman–Crippen MR) is 112 cm³/mol. The van der Waals surface area contributed by atoms with E-state index in [1.807, 2.05) is 11.5 Å². The van der Waals surface area contributed by atoms with Crippen molar-refractivity contribution in [3.8, 4) is 11.4 Å². The van der Waals surface area contributed by atoms with Crippen LogP contribution in [0.1, 0.15) is 33.6 Å². The number of para-hydroxylation sites is 1. The highest BCUT2D eigenvalue weighted by molar-refractivity contribution is 6.31. The van der Waals surface area contributed by atoms with Crippen molar-refractivity contribution in [1.82, 2.24) is 9.55 Å². The van der Waals surface area contributed by atoms with Crippen molar-refractivity contribution in [2.24, 2.45) is 4.99 Å². The summed E-state index contributed by atoms with van der Waals surface area (Å²) in [6.07, 6.45) is 1.70. The molecule has 0 fully saturated rings. The number of aliphatic imine (C=N–C) groups is 1. The summed E-state index contributed by atoms with van der Waals surface area (Å²) < 4.78 is 73.4. The van der Waals surface area contributed by atoms with Gasteiger partial charge < -0.3 is 14.6 Å². The minimum Gasteiger partial charge on any atom is -0.490 e. The fourth-order valence-corrected chi connectivity index (χ4v) is 3.37. The molecule has 1 aromatic heterocycles. The summed E-state index contributed by atoms with van der Waals surface area (Å²) in [5.74, 6) is 0.581. The smallest absolute Gasteiger partial charge is 0.128 e. The molecule has 0 amide bonds. The number of imidazole rings is 1. The normalized spacial score (nSPS) is 18.8. The van der Waals surface area contributed by atoms with Gasteiger partial charge in [-0.05, 0) is 37.3 Å². The van der Waals surface area contributed by atoms with Gasteiger partial charge in [0.15, 0.2) is 0 Å². The molecule has 0 atom stereocenters. The Morgan fingerprint density at radius 1 is 1.17 bits per heavy atom. The number of benzene rings is 2. The summed E-state index contributed by atoms with van der Waals surface area (Å²) in [7, 11) is 0. The monoisotopic (exact) mass is 419 g/mol. The van der Waals surface area contributed by atoms with Crippen molar-refractivity contribution >= 4 is 17.3 Å². The Kier molecular flexibility index (Phi) is 3.67. The Morgan fingerprint density at radius 3 is 2.90 bits per heavy atom. The first-order chi connectivity index (χ1) is 17.0. The zero-order valence-corrected chi connectivity index (χ0v) is 16.1. The predicted octanol–water partition coefficient (Wildman–Crippen LogP) is 3.57. The molecular formula is C22H22ClN3O3. The molecule has 2 aromatic carbocycles. The van der Waals surface area contributed by atoms with Crippen molar-refractivity contribution in [3.05, 3.63) is 76.3 Å². The van der Waals surface area contributed by atoms with Crippen LogP contribution in [0.3, 0.4) is 0 Å². The molecule has 4 rings (SSSR count). The van der Waals surface area contributed by atoms with Crippen LogP contribution in [-0.4, -0.2) is 46.6 Å². The highest BCUT2D eigenvalue weighted by Crippen LogP contribution is 2.31. The number of halogens is 1. The minimum absolute atomic E-state index is 0.140. The molecule has 150 valence electrons. The van der Waals surface area contributed by atoms with Gasteiger partial charge in [-0.25, -0.2) is 4.98 Å². The molecule has 2 heterocycles. The van der Waals surface area contributed by atoms with E-state index in [0.717, 1.165) is 17.2 Å². The number of ether oxygens (including phenoxy) is 2. The zero-order valence-electron chi connectivity index (χ0n) is 23.3. The number of hydrogen-bond acceptors (Lipinski definition) is 5. The molecule has 0 bridgehead atoms. The largest absolute Gasteiger partial charge is 0.490 e. The third kappa shape index (κ3) is 4.05. The van der Waals surface area contributed by atoms with E-state index >= 15 is 0 Å². The van der Waals surface area contributed by atoms with E-state index in [-0.39, 0.29) is 12.3 Å². The lowest BCUT2D eigenvalue weighted by atomic mass is 9.99. The van der Waals surface area contributed by atoms with E-state index in [4.69, 9.17) is 32.3 Å². The first-order valence-corrected chi connectivity index (χ1v) is 9.01. The maximum atomic E-state index is 9.37. The summed E-state index contributed by atoms with van der Waals surface area (Å²) in [5, 5.41) is 9.79. The standard InChI is InChI=1S/C22H22ClN3O3/c1-15-24-13-17-14-25-22(19-12-16(23)6-7-20(19)26(15)17)18-4-2-3-5-21(18)29-11-10-28-9-8-27/h2-7,12-13,27H,8-11,14H2,1H3/i8D2,9D2,10D2,11D2. The van der Waals surface area contributed by atoms with Gasteiger partial charge in [-0.1, -0.05) is 23.7 Å². The van der Waals surface area contributed by atoms with Gasteiger partial charge in [0.1, 0.15) is 18.1 Å². The number of aromatic nitrogens is 2. The van der Waals surface area contributed by atoms with Crippen LogP contribution in [0.2, 0.25) is 5.02 Å². The third-order valence-electron chi connectivity index (χ3n) is 4.36. The highest BCUT2D eigenvalue weighted by atomic mass is 35.5. The number of aliphatic hydroxyl groups is 1. The quantitative estimate of drug-likeness (QED) is 0.635. The van der Waals surface area contributed by atoms with Gasteiger partial charge in [-0.3, -0.25) is 9.56 Å². The SMILES string of the molecule is [2H]C([2H])(O)C([2H])([2H])OC([2H])([2H])C([2H])([2H])Oc1ccccc1C1=NCc2cnc(C)n2-c2ccc(Cl)cc21. The lowest BCUT2D eigenvalue weighted by Gasteiger charge is -2.16. The topological polar surface area (TPSA) is 68.9 Å². The molecule has 7 heteroatoms. The second-order valence-electron chi connectivity index (χ2n) is 6.08. The van der Waals surface area contributed by atoms with Gasteiger partial charge in [0, 0.05) is 16.1 Å². The molecule has 0 radical (unpaired) electrons. The molecule has 1 N–H and O–H groups in total. The van der Waals surface area contributed by atoms with Gasteiger partial charge in [0.2, 0.25) is 0 Å². The summed E-state index contributed by atoms with van der Waals surface area (Å²) in [4.78, 5) is 9.06. The molecule has 1 aliphatic heterocycles. The Hall–Kier alpha value is -2.67. The third-order valence-corrected chi connectivity index (χ3v) is 4.59. The van der Waals surface area contributed by atoms with Crippen LogP contribution in [0.4, 0.5) is 0 Å². The van der Waals surface area contributed by atoms with Crippen LogP contribution < -0.4 is 4.74 Å². The number of hydrogen-bond donors (Lipinski definition) is 1. The van der Waals surface area contributed by atoms with Gasteiger partial charge in [-0.15, -0.1) is 0 Å². The van der Waals surface area contributed by atoms with Gasteiger partial charge in [0.05, 0.1) is 60.5 Å². The van der Waals surface area contributed by atoms with Crippen LogP contribution in [-0.2, 0) is 11.3 Å². The molecule has 3 aromatic rings. The fraction of sp³-hybridized carbons (Fsp3) is 0.273. The average molecular weight is 420 g/mol. The van der Waals surface area contributed by atoms with E-state index < -0.39 is 26.2 Å². The lowest BCUT2D eigenvalue weighted by Crippen LogP contribution is -2.13. The molecule has 6 nitrogen and oxygen atoms in total. The highest BCUT2D eigenvalue weighted by Gasteiger charge is 2.22.